The first-order chi connectivity index (χ1) is 20.0. The number of aromatic amines is 1. The number of hydrogen-bond acceptors (Lipinski definition) is 7. The lowest BCUT2D eigenvalue weighted by atomic mass is 10.1. The molecule has 0 saturated carbocycles. The Morgan fingerprint density at radius 1 is 1.12 bits per heavy atom. The zero-order chi connectivity index (χ0) is 30.2. The van der Waals surface area contributed by atoms with E-state index in [1.54, 1.807) is 37.9 Å². The molecular formula is C29H31F4N7O2. The number of aromatic nitrogens is 3. The van der Waals surface area contributed by atoms with Crippen molar-refractivity contribution in [3.05, 3.63) is 65.4 Å². The Kier molecular flexibility index (Phi) is 7.95. The lowest BCUT2D eigenvalue weighted by molar-refractivity contribution is -0.137. The molecule has 0 radical (unpaired) electrons. The molecule has 1 saturated heterocycles. The number of anilines is 3. The zero-order valence-corrected chi connectivity index (χ0v) is 23.6. The number of ether oxygens (including phenoxy) is 1. The number of carbonyl (C=O) groups is 1. The molecule has 1 amide bonds. The van der Waals surface area contributed by atoms with Crippen molar-refractivity contribution in [3.8, 4) is 11.6 Å². The van der Waals surface area contributed by atoms with Crippen molar-refractivity contribution in [2.75, 3.05) is 57.0 Å². The molecule has 3 heterocycles. The Morgan fingerprint density at radius 2 is 1.86 bits per heavy atom. The maximum Gasteiger partial charge on any atom is 0.418 e. The number of likely N-dealkylation sites (N-methyl/N-ethyl adjacent to an activating group) is 1. The van der Waals surface area contributed by atoms with Crippen molar-refractivity contribution in [3.63, 3.8) is 0 Å². The van der Waals surface area contributed by atoms with E-state index in [-0.39, 0.29) is 34.4 Å². The summed E-state index contributed by atoms with van der Waals surface area (Å²) in [6.45, 7) is 6.08. The predicted molar refractivity (Wildman–Crippen MR) is 152 cm³/mol. The van der Waals surface area contributed by atoms with Gasteiger partial charge in [-0.1, -0.05) is 0 Å². The van der Waals surface area contributed by atoms with Gasteiger partial charge < -0.3 is 29.7 Å². The number of piperazine rings is 1. The number of nitrogens with one attached hydrogen (secondary N) is 2. The summed E-state index contributed by atoms with van der Waals surface area (Å²) in [5, 5.41) is 3.15. The molecule has 1 fully saturated rings. The van der Waals surface area contributed by atoms with Gasteiger partial charge in [0.1, 0.15) is 11.9 Å². The summed E-state index contributed by atoms with van der Waals surface area (Å²) >= 11 is 0. The number of carbonyl (C=O) groups excluding carboxylic acids is 1. The summed E-state index contributed by atoms with van der Waals surface area (Å²) in [6.07, 6.45) is -3.52. The summed E-state index contributed by atoms with van der Waals surface area (Å²) in [5.41, 5.74) is 0.521. The molecule has 222 valence electrons. The van der Waals surface area contributed by atoms with Gasteiger partial charge in [0.25, 0.3) is 5.91 Å². The van der Waals surface area contributed by atoms with Gasteiger partial charge in [-0.2, -0.15) is 13.2 Å². The highest BCUT2D eigenvalue weighted by molar-refractivity contribution is 6.01. The number of rotatable bonds is 7. The number of aryl methyl sites for hydroxylation is 1. The van der Waals surface area contributed by atoms with Crippen LogP contribution in [0.3, 0.4) is 0 Å². The van der Waals surface area contributed by atoms with Gasteiger partial charge in [-0.3, -0.25) is 4.79 Å². The standard InChI is InChI=1S/C29H31F4N7O2/c1-5-39(4)28(41)24-26(34-16-35-27(24)42-23-9-7-21-19(25(23)30)14-17(2)36-21)37-18-6-8-22(20(15-18)29(31,32)33)40-12-10-38(3)11-13-40/h6-9,14-16,36H,5,10-13H2,1-4H3,(H,34,35,37). The predicted octanol–water partition coefficient (Wildman–Crippen LogP) is 5.80. The van der Waals surface area contributed by atoms with Crippen LogP contribution in [0.15, 0.2) is 42.7 Å². The summed E-state index contributed by atoms with van der Waals surface area (Å²) in [5.74, 6) is -1.70. The van der Waals surface area contributed by atoms with Gasteiger partial charge in [-0.25, -0.2) is 14.4 Å². The molecule has 2 N–H and O–H groups in total. The van der Waals surface area contributed by atoms with Crippen molar-refractivity contribution >= 4 is 34.0 Å². The zero-order valence-electron chi connectivity index (χ0n) is 23.6. The van der Waals surface area contributed by atoms with Crippen molar-refractivity contribution in [2.45, 2.75) is 20.0 Å². The third-order valence-electron chi connectivity index (χ3n) is 7.30. The number of halogens is 4. The Morgan fingerprint density at radius 3 is 2.55 bits per heavy atom. The first-order valence-electron chi connectivity index (χ1n) is 13.4. The van der Waals surface area contributed by atoms with Gasteiger partial charge in [-0.15, -0.1) is 0 Å². The molecule has 4 aromatic rings. The van der Waals surface area contributed by atoms with Gasteiger partial charge in [0.15, 0.2) is 17.4 Å². The fraction of sp³-hybridized carbons (Fsp3) is 0.345. The van der Waals surface area contributed by atoms with Crippen LogP contribution in [0.5, 0.6) is 11.6 Å². The van der Waals surface area contributed by atoms with Crippen molar-refractivity contribution in [1.82, 2.24) is 24.8 Å². The number of fused-ring (bicyclic) bond motifs is 1. The van der Waals surface area contributed by atoms with Crippen LogP contribution in [0.1, 0.15) is 28.5 Å². The van der Waals surface area contributed by atoms with E-state index in [0.717, 1.165) is 18.1 Å². The minimum atomic E-state index is -4.62. The van der Waals surface area contributed by atoms with Crippen LogP contribution in [0.25, 0.3) is 10.9 Å². The smallest absolute Gasteiger partial charge is 0.418 e. The van der Waals surface area contributed by atoms with Gasteiger partial charge in [-0.05, 0) is 57.3 Å². The second-order valence-electron chi connectivity index (χ2n) is 10.3. The first-order valence-corrected chi connectivity index (χ1v) is 13.4. The molecule has 13 heteroatoms. The van der Waals surface area contributed by atoms with Crippen LogP contribution in [-0.4, -0.2) is 77.5 Å². The first kappa shape index (κ1) is 29.1. The molecule has 1 aliphatic heterocycles. The van der Waals surface area contributed by atoms with E-state index in [0.29, 0.717) is 43.6 Å². The minimum Gasteiger partial charge on any atom is -0.435 e. The van der Waals surface area contributed by atoms with Crippen LogP contribution >= 0.6 is 0 Å². The molecule has 0 atom stereocenters. The van der Waals surface area contributed by atoms with E-state index in [2.05, 4.69) is 25.2 Å². The van der Waals surface area contributed by atoms with Crippen LogP contribution < -0.4 is 15.0 Å². The molecule has 5 rings (SSSR count). The van der Waals surface area contributed by atoms with Crippen molar-refractivity contribution in [2.24, 2.45) is 0 Å². The lowest BCUT2D eigenvalue weighted by Gasteiger charge is -2.35. The van der Waals surface area contributed by atoms with E-state index in [4.69, 9.17) is 4.74 Å². The van der Waals surface area contributed by atoms with Gasteiger partial charge >= 0.3 is 6.18 Å². The summed E-state index contributed by atoms with van der Waals surface area (Å²) in [4.78, 5) is 29.9. The maximum atomic E-state index is 15.3. The maximum absolute atomic E-state index is 15.3. The van der Waals surface area contributed by atoms with Crippen LogP contribution in [0.4, 0.5) is 34.8 Å². The highest BCUT2D eigenvalue weighted by Gasteiger charge is 2.36. The Hall–Kier alpha value is -4.39. The molecule has 0 aliphatic carbocycles. The van der Waals surface area contributed by atoms with Crippen molar-refractivity contribution in [1.29, 1.82) is 0 Å². The molecule has 0 spiro atoms. The summed E-state index contributed by atoms with van der Waals surface area (Å²) in [7, 11) is 3.47. The SMILES string of the molecule is CCN(C)C(=O)c1c(Nc2ccc(N3CCN(C)CC3)c(C(F)(F)F)c2)ncnc1Oc1ccc2[nH]c(C)cc2c1F. The Bertz CT molecular complexity index is 1610. The average Bonchev–Trinajstić information content (AvgIpc) is 3.35. The summed E-state index contributed by atoms with van der Waals surface area (Å²) < 4.78 is 63.8. The van der Waals surface area contributed by atoms with Gasteiger partial charge in [0.05, 0.1) is 5.56 Å². The molecule has 0 bridgehead atoms. The monoisotopic (exact) mass is 585 g/mol. The van der Waals surface area contributed by atoms with E-state index in [9.17, 15) is 18.0 Å². The van der Waals surface area contributed by atoms with E-state index >= 15 is 4.39 Å². The third kappa shape index (κ3) is 5.82. The summed E-state index contributed by atoms with van der Waals surface area (Å²) in [6, 6.07) is 8.60. The van der Waals surface area contributed by atoms with E-state index < -0.39 is 23.5 Å². The molecule has 9 nitrogen and oxygen atoms in total. The van der Waals surface area contributed by atoms with Crippen LogP contribution in [-0.2, 0) is 6.18 Å². The number of H-pyrrole nitrogens is 1. The second kappa shape index (κ2) is 11.5. The lowest BCUT2D eigenvalue weighted by Crippen LogP contribution is -2.45. The van der Waals surface area contributed by atoms with Crippen LogP contribution in [0.2, 0.25) is 0 Å². The topological polar surface area (TPSA) is 89.6 Å². The fourth-order valence-corrected chi connectivity index (χ4v) is 4.84. The van der Waals surface area contributed by atoms with E-state index in [1.165, 1.54) is 23.1 Å². The third-order valence-corrected chi connectivity index (χ3v) is 7.30. The van der Waals surface area contributed by atoms with Gasteiger partial charge in [0, 0.05) is 67.7 Å². The normalized spacial score (nSPS) is 14.3. The van der Waals surface area contributed by atoms with Crippen molar-refractivity contribution < 1.29 is 27.1 Å². The number of amides is 1. The Labute approximate surface area is 240 Å². The Balaban J connectivity index is 1.54. The molecule has 2 aromatic carbocycles. The average molecular weight is 586 g/mol. The highest BCUT2D eigenvalue weighted by atomic mass is 19.4. The van der Waals surface area contributed by atoms with E-state index in [1.807, 2.05) is 7.05 Å². The highest BCUT2D eigenvalue weighted by Crippen LogP contribution is 2.40. The minimum absolute atomic E-state index is 0.0634. The molecule has 0 unspecified atom stereocenters. The molecular weight excluding hydrogens is 554 g/mol. The number of alkyl halides is 3. The molecule has 2 aromatic heterocycles. The quantitative estimate of drug-likeness (QED) is 0.265. The van der Waals surface area contributed by atoms with Crippen LogP contribution in [0, 0.1) is 12.7 Å². The number of nitrogens with zero attached hydrogens (tertiary/aromatic N) is 5. The molecule has 42 heavy (non-hydrogen) atoms. The fourth-order valence-electron chi connectivity index (χ4n) is 4.84. The van der Waals surface area contributed by atoms with Gasteiger partial charge in [0.2, 0.25) is 5.88 Å². The second-order valence-corrected chi connectivity index (χ2v) is 10.3. The number of hydrogen-bond donors (Lipinski definition) is 2. The molecule has 1 aliphatic rings. The number of benzene rings is 2. The largest absolute Gasteiger partial charge is 0.435 e.